The molecule has 0 aliphatic carbocycles. The maximum Gasteiger partial charge on any atom is 0.335 e. The average molecular weight is 340 g/mol. The topological polar surface area (TPSA) is 101 Å². The Balaban J connectivity index is 2.10. The molecule has 22 heavy (non-hydrogen) atoms. The number of aromatic carboxylic acids is 1. The van der Waals surface area contributed by atoms with E-state index in [0.29, 0.717) is 10.7 Å². The van der Waals surface area contributed by atoms with Crippen molar-refractivity contribution in [2.45, 2.75) is 0 Å². The monoisotopic (exact) mass is 339 g/mol. The Kier molecular flexibility index (Phi) is 4.75. The number of urea groups is 1. The van der Waals surface area contributed by atoms with Gasteiger partial charge in [-0.15, -0.1) is 0 Å². The van der Waals surface area contributed by atoms with E-state index in [1.165, 1.54) is 18.2 Å². The van der Waals surface area contributed by atoms with Gasteiger partial charge in [-0.2, -0.15) is 0 Å². The van der Waals surface area contributed by atoms with E-state index in [-0.39, 0.29) is 10.7 Å². The zero-order chi connectivity index (χ0) is 16.3. The number of carbonyl (C=O) groups excluding carboxylic acids is 1. The van der Waals surface area contributed by atoms with Crippen molar-refractivity contribution in [2.24, 2.45) is 0 Å². The van der Waals surface area contributed by atoms with Crippen molar-refractivity contribution in [1.82, 2.24) is 0 Å². The fraction of sp³-hybridized carbons (Fsp3) is 0. The van der Waals surface area contributed by atoms with Gasteiger partial charge in [-0.05, 0) is 30.3 Å². The number of carboxylic acid groups (broad SMARTS) is 1. The van der Waals surface area contributed by atoms with Gasteiger partial charge in [-0.25, -0.2) is 9.59 Å². The Labute approximate surface area is 135 Å². The second-order valence-electron chi connectivity index (χ2n) is 4.22. The molecule has 0 aliphatic heterocycles. The minimum Gasteiger partial charge on any atom is -0.872 e. The minimum absolute atomic E-state index is 0.176. The predicted octanol–water partition coefficient (Wildman–Crippen LogP) is 3.41. The highest BCUT2D eigenvalue weighted by molar-refractivity contribution is 6.42. The molecule has 2 aromatic rings. The summed E-state index contributed by atoms with van der Waals surface area (Å²) in [5, 5.41) is 25.7. The molecule has 0 spiro atoms. The van der Waals surface area contributed by atoms with Crippen LogP contribution in [0, 0.1) is 0 Å². The first kappa shape index (κ1) is 15.9. The van der Waals surface area contributed by atoms with Gasteiger partial charge in [0.25, 0.3) is 0 Å². The molecular formula is C14H9Cl2N2O4-. The van der Waals surface area contributed by atoms with Crippen molar-refractivity contribution in [3.8, 4) is 5.75 Å². The number of hydrogen-bond acceptors (Lipinski definition) is 3. The summed E-state index contributed by atoms with van der Waals surface area (Å²) >= 11 is 11.6. The molecule has 0 radical (unpaired) electrons. The zero-order valence-corrected chi connectivity index (χ0v) is 12.4. The van der Waals surface area contributed by atoms with Gasteiger partial charge in [0.1, 0.15) is 0 Å². The summed E-state index contributed by atoms with van der Waals surface area (Å²) in [5.74, 6) is -2.00. The molecule has 0 atom stereocenters. The highest BCUT2D eigenvalue weighted by Crippen LogP contribution is 2.25. The van der Waals surface area contributed by atoms with Gasteiger partial charge in [0.15, 0.2) is 0 Å². The van der Waals surface area contributed by atoms with Crippen LogP contribution >= 0.6 is 23.2 Å². The molecule has 2 aromatic carbocycles. The predicted molar refractivity (Wildman–Crippen MR) is 82.0 cm³/mol. The molecule has 114 valence electrons. The number of carboxylic acids is 1. The van der Waals surface area contributed by atoms with Crippen molar-refractivity contribution < 1.29 is 19.8 Å². The lowest BCUT2D eigenvalue weighted by Crippen LogP contribution is -2.19. The van der Waals surface area contributed by atoms with Crippen LogP contribution in [0.5, 0.6) is 5.75 Å². The number of rotatable bonds is 3. The van der Waals surface area contributed by atoms with E-state index in [2.05, 4.69) is 10.6 Å². The van der Waals surface area contributed by atoms with E-state index >= 15 is 0 Å². The number of amides is 2. The second kappa shape index (κ2) is 6.55. The summed E-state index contributed by atoms with van der Waals surface area (Å²) in [6.07, 6.45) is 0. The van der Waals surface area contributed by atoms with E-state index in [1.807, 2.05) is 0 Å². The molecule has 0 bridgehead atoms. The Hall–Kier alpha value is -2.44. The van der Waals surface area contributed by atoms with E-state index in [9.17, 15) is 14.7 Å². The molecule has 3 N–H and O–H groups in total. The molecule has 0 heterocycles. The van der Waals surface area contributed by atoms with Crippen LogP contribution in [0.1, 0.15) is 10.4 Å². The molecule has 2 amide bonds. The Morgan fingerprint density at radius 3 is 2.14 bits per heavy atom. The highest BCUT2D eigenvalue weighted by Gasteiger charge is 2.08. The van der Waals surface area contributed by atoms with Crippen LogP contribution in [0.3, 0.4) is 0 Å². The van der Waals surface area contributed by atoms with Crippen molar-refractivity contribution in [2.75, 3.05) is 10.6 Å². The molecule has 8 heteroatoms. The lowest BCUT2D eigenvalue weighted by molar-refractivity contribution is -0.268. The van der Waals surface area contributed by atoms with E-state index in [1.54, 1.807) is 6.07 Å². The third-order valence-electron chi connectivity index (χ3n) is 2.65. The van der Waals surface area contributed by atoms with Crippen LogP contribution in [-0.4, -0.2) is 17.1 Å². The van der Waals surface area contributed by atoms with Crippen LogP contribution in [-0.2, 0) is 0 Å². The fourth-order valence-corrected chi connectivity index (χ4v) is 1.94. The van der Waals surface area contributed by atoms with Crippen molar-refractivity contribution in [1.29, 1.82) is 0 Å². The Morgan fingerprint density at radius 2 is 1.55 bits per heavy atom. The molecule has 0 aliphatic rings. The first-order chi connectivity index (χ1) is 10.4. The maximum absolute atomic E-state index is 11.8. The number of nitrogens with one attached hydrogen (secondary N) is 2. The number of anilines is 2. The first-order valence-electron chi connectivity index (χ1n) is 5.94. The van der Waals surface area contributed by atoms with Gasteiger partial charge >= 0.3 is 12.0 Å². The average Bonchev–Trinajstić information content (AvgIpc) is 2.44. The summed E-state index contributed by atoms with van der Waals surface area (Å²) in [5.41, 5.74) is 0.160. The van der Waals surface area contributed by atoms with Crippen molar-refractivity contribution in [3.05, 3.63) is 52.0 Å². The molecule has 0 saturated carbocycles. The zero-order valence-electron chi connectivity index (χ0n) is 10.9. The minimum atomic E-state index is -1.36. The van der Waals surface area contributed by atoms with Gasteiger partial charge in [-0.1, -0.05) is 35.0 Å². The van der Waals surface area contributed by atoms with E-state index in [0.717, 1.165) is 12.1 Å². The Morgan fingerprint density at radius 1 is 0.955 bits per heavy atom. The number of benzene rings is 2. The van der Waals surface area contributed by atoms with Gasteiger partial charge < -0.3 is 20.8 Å². The normalized spacial score (nSPS) is 10.1. The van der Waals surface area contributed by atoms with Crippen LogP contribution in [0.2, 0.25) is 10.0 Å². The van der Waals surface area contributed by atoms with Crippen LogP contribution < -0.4 is 15.7 Å². The van der Waals surface area contributed by atoms with Crippen molar-refractivity contribution in [3.63, 3.8) is 0 Å². The standard InChI is InChI=1S/C14H10Cl2N2O4/c15-10-3-1-8(6-11(10)16)18-14(22)17-7-2-4-12(19)9(5-7)13(20)21/h1-6,19H,(H,20,21)(H2,17,18,22)/p-1. The summed E-state index contributed by atoms with van der Waals surface area (Å²) in [7, 11) is 0. The van der Waals surface area contributed by atoms with Gasteiger partial charge in [0.2, 0.25) is 0 Å². The second-order valence-corrected chi connectivity index (χ2v) is 5.04. The van der Waals surface area contributed by atoms with Gasteiger partial charge in [0, 0.05) is 11.4 Å². The summed E-state index contributed by atoms with van der Waals surface area (Å²) < 4.78 is 0. The van der Waals surface area contributed by atoms with Gasteiger partial charge in [0.05, 0.1) is 15.6 Å². The molecule has 0 unspecified atom stereocenters. The van der Waals surface area contributed by atoms with Crippen LogP contribution in [0.25, 0.3) is 0 Å². The summed E-state index contributed by atoms with van der Waals surface area (Å²) in [4.78, 5) is 22.7. The molecule has 2 rings (SSSR count). The molecule has 0 saturated heterocycles. The summed E-state index contributed by atoms with van der Waals surface area (Å²) in [6.45, 7) is 0. The molecule has 6 nitrogen and oxygen atoms in total. The third-order valence-corrected chi connectivity index (χ3v) is 3.38. The van der Waals surface area contributed by atoms with Crippen molar-refractivity contribution >= 4 is 46.6 Å². The summed E-state index contributed by atoms with van der Waals surface area (Å²) in [6, 6.07) is 7.38. The molecule has 0 aromatic heterocycles. The third kappa shape index (κ3) is 3.81. The van der Waals surface area contributed by atoms with E-state index in [4.69, 9.17) is 28.3 Å². The van der Waals surface area contributed by atoms with Crippen LogP contribution in [0.4, 0.5) is 16.2 Å². The quantitative estimate of drug-likeness (QED) is 0.797. The maximum atomic E-state index is 11.8. The van der Waals surface area contributed by atoms with Gasteiger partial charge in [-0.3, -0.25) is 0 Å². The number of carbonyl (C=O) groups is 2. The number of halogens is 2. The Bertz CT molecular complexity index is 750. The smallest absolute Gasteiger partial charge is 0.335 e. The molecule has 0 fully saturated rings. The SMILES string of the molecule is O=C(Nc1ccc(Cl)c(Cl)c1)Nc1ccc([O-])c(C(=O)O)c1. The number of hydrogen-bond donors (Lipinski definition) is 3. The fourth-order valence-electron chi connectivity index (χ4n) is 1.64. The van der Waals surface area contributed by atoms with Crippen LogP contribution in [0.15, 0.2) is 36.4 Å². The first-order valence-corrected chi connectivity index (χ1v) is 6.70. The lowest BCUT2D eigenvalue weighted by atomic mass is 10.2. The largest absolute Gasteiger partial charge is 0.872 e. The lowest BCUT2D eigenvalue weighted by Gasteiger charge is -2.13. The van der Waals surface area contributed by atoms with E-state index < -0.39 is 23.3 Å². The molecular weight excluding hydrogens is 331 g/mol. The highest BCUT2D eigenvalue weighted by atomic mass is 35.5.